The molecule has 2 fully saturated rings. The maximum absolute atomic E-state index is 13.0. The van der Waals surface area contributed by atoms with E-state index in [4.69, 9.17) is 10.5 Å². The molecular weight excluding hydrogens is 266 g/mol. The van der Waals surface area contributed by atoms with Gasteiger partial charge in [-0.3, -0.25) is 9.78 Å². The number of carbonyl (C=O) groups excluding carboxylic acids is 1. The van der Waals surface area contributed by atoms with Crippen LogP contribution in [0.15, 0.2) is 24.5 Å². The van der Waals surface area contributed by atoms with Crippen LogP contribution >= 0.6 is 0 Å². The van der Waals surface area contributed by atoms with Crippen molar-refractivity contribution >= 4 is 11.6 Å². The molecule has 1 aromatic rings. The molecule has 1 aromatic heterocycles. The Bertz CT molecular complexity index is 546. The summed E-state index contributed by atoms with van der Waals surface area (Å²) in [5, 5.41) is 0. The standard InChI is InChI=1S/C16H23N3O2/c1-15(2)13-12(7-5-9-21-13)16(15,17)14(20)19(3)11-6-4-8-18-10-11/h4,6,8,10,12-13H,5,7,9,17H2,1-3H3. The number of aromatic nitrogens is 1. The molecule has 0 bridgehead atoms. The summed E-state index contributed by atoms with van der Waals surface area (Å²) >= 11 is 0. The van der Waals surface area contributed by atoms with Crippen molar-refractivity contribution < 1.29 is 9.53 Å². The molecular formula is C16H23N3O2. The summed E-state index contributed by atoms with van der Waals surface area (Å²) in [6.45, 7) is 4.84. The number of amides is 1. The summed E-state index contributed by atoms with van der Waals surface area (Å²) in [4.78, 5) is 18.7. The molecule has 3 atom stereocenters. The number of likely N-dealkylation sites (N-methyl/N-ethyl adjacent to an activating group) is 1. The van der Waals surface area contributed by atoms with Crippen LogP contribution in [-0.2, 0) is 9.53 Å². The second-order valence-electron chi connectivity index (χ2n) is 6.71. The summed E-state index contributed by atoms with van der Waals surface area (Å²) in [5.41, 5.74) is 6.16. The minimum absolute atomic E-state index is 0.0488. The third-order valence-electron chi connectivity index (χ3n) is 5.38. The monoisotopic (exact) mass is 289 g/mol. The van der Waals surface area contributed by atoms with E-state index in [9.17, 15) is 4.79 Å². The summed E-state index contributed by atoms with van der Waals surface area (Å²) < 4.78 is 5.86. The first-order valence-corrected chi connectivity index (χ1v) is 7.49. The summed E-state index contributed by atoms with van der Waals surface area (Å²) in [6.07, 6.45) is 5.39. The van der Waals surface area contributed by atoms with Crippen molar-refractivity contribution in [1.29, 1.82) is 0 Å². The molecule has 1 saturated carbocycles. The highest BCUT2D eigenvalue weighted by molar-refractivity contribution is 6.01. The molecule has 21 heavy (non-hydrogen) atoms. The van der Waals surface area contributed by atoms with Crippen LogP contribution in [0.4, 0.5) is 5.69 Å². The van der Waals surface area contributed by atoms with E-state index in [0.29, 0.717) is 0 Å². The van der Waals surface area contributed by atoms with Crippen molar-refractivity contribution in [2.24, 2.45) is 17.1 Å². The zero-order chi connectivity index (χ0) is 15.3. The van der Waals surface area contributed by atoms with Crippen LogP contribution in [0.25, 0.3) is 0 Å². The van der Waals surface area contributed by atoms with Gasteiger partial charge in [0, 0.05) is 31.2 Å². The number of fused-ring (bicyclic) bond motifs is 1. The van der Waals surface area contributed by atoms with Crippen molar-refractivity contribution in [3.63, 3.8) is 0 Å². The quantitative estimate of drug-likeness (QED) is 0.897. The predicted octanol–water partition coefficient (Wildman–Crippen LogP) is 1.58. The van der Waals surface area contributed by atoms with Gasteiger partial charge in [0.2, 0.25) is 5.91 Å². The number of anilines is 1. The molecule has 5 heteroatoms. The van der Waals surface area contributed by atoms with E-state index in [1.165, 1.54) is 0 Å². The predicted molar refractivity (Wildman–Crippen MR) is 80.8 cm³/mol. The average Bonchev–Trinajstić information content (AvgIpc) is 2.53. The van der Waals surface area contributed by atoms with E-state index in [-0.39, 0.29) is 23.3 Å². The molecule has 2 N–H and O–H groups in total. The van der Waals surface area contributed by atoms with E-state index in [1.54, 1.807) is 24.3 Å². The second kappa shape index (κ2) is 4.78. The maximum atomic E-state index is 13.0. The van der Waals surface area contributed by atoms with Gasteiger partial charge in [0.1, 0.15) is 5.54 Å². The highest BCUT2D eigenvalue weighted by Crippen LogP contribution is 2.58. The number of hydrogen-bond acceptors (Lipinski definition) is 4. The van der Waals surface area contributed by atoms with Crippen molar-refractivity contribution in [2.45, 2.75) is 38.3 Å². The average molecular weight is 289 g/mol. The number of pyridine rings is 1. The Labute approximate surface area is 125 Å². The van der Waals surface area contributed by atoms with Gasteiger partial charge in [-0.2, -0.15) is 0 Å². The number of hydrogen-bond donors (Lipinski definition) is 1. The Morgan fingerprint density at radius 3 is 2.95 bits per heavy atom. The SMILES string of the molecule is CN(C(=O)C1(N)C2CCCOC2C1(C)C)c1cccnc1. The third kappa shape index (κ3) is 1.84. The van der Waals surface area contributed by atoms with E-state index < -0.39 is 5.54 Å². The molecule has 1 saturated heterocycles. The summed E-state index contributed by atoms with van der Waals surface area (Å²) in [5.74, 6) is 0.0557. The molecule has 1 amide bonds. The third-order valence-corrected chi connectivity index (χ3v) is 5.38. The van der Waals surface area contributed by atoms with Crippen LogP contribution in [0.3, 0.4) is 0 Å². The summed E-state index contributed by atoms with van der Waals surface area (Å²) in [7, 11) is 1.76. The Kier molecular flexibility index (Phi) is 3.30. The lowest BCUT2D eigenvalue weighted by atomic mass is 9.46. The first kappa shape index (κ1) is 14.5. The largest absolute Gasteiger partial charge is 0.377 e. The Morgan fingerprint density at radius 2 is 2.29 bits per heavy atom. The van der Waals surface area contributed by atoms with Crippen LogP contribution in [0, 0.1) is 11.3 Å². The smallest absolute Gasteiger partial charge is 0.247 e. The Balaban J connectivity index is 1.89. The lowest BCUT2D eigenvalue weighted by molar-refractivity contribution is -0.223. The van der Waals surface area contributed by atoms with Gasteiger partial charge >= 0.3 is 0 Å². The molecule has 3 unspecified atom stereocenters. The number of nitrogens with zero attached hydrogens (tertiary/aromatic N) is 2. The first-order chi connectivity index (χ1) is 9.90. The second-order valence-corrected chi connectivity index (χ2v) is 6.71. The van der Waals surface area contributed by atoms with Crippen molar-refractivity contribution in [1.82, 2.24) is 4.98 Å². The van der Waals surface area contributed by atoms with Crippen LogP contribution in [-0.4, -0.2) is 36.2 Å². The van der Waals surface area contributed by atoms with Crippen LogP contribution in [0.5, 0.6) is 0 Å². The topological polar surface area (TPSA) is 68.5 Å². The summed E-state index contributed by atoms with van der Waals surface area (Å²) in [6, 6.07) is 3.69. The van der Waals surface area contributed by atoms with E-state index >= 15 is 0 Å². The van der Waals surface area contributed by atoms with Crippen LogP contribution in [0.1, 0.15) is 26.7 Å². The van der Waals surface area contributed by atoms with Gasteiger partial charge in [-0.1, -0.05) is 13.8 Å². The maximum Gasteiger partial charge on any atom is 0.247 e. The number of ether oxygens (including phenoxy) is 1. The molecule has 114 valence electrons. The van der Waals surface area contributed by atoms with Gasteiger partial charge in [0.15, 0.2) is 0 Å². The molecule has 2 heterocycles. The fourth-order valence-corrected chi connectivity index (χ4v) is 3.96. The van der Waals surface area contributed by atoms with Crippen molar-refractivity contribution in [3.05, 3.63) is 24.5 Å². The Hall–Kier alpha value is -1.46. The molecule has 1 aliphatic heterocycles. The molecule has 0 radical (unpaired) electrons. The zero-order valence-corrected chi connectivity index (χ0v) is 12.9. The fraction of sp³-hybridized carbons (Fsp3) is 0.625. The lowest BCUT2D eigenvalue weighted by Gasteiger charge is -2.65. The van der Waals surface area contributed by atoms with Crippen LogP contribution in [0.2, 0.25) is 0 Å². The number of carbonyl (C=O) groups is 1. The van der Waals surface area contributed by atoms with E-state index in [2.05, 4.69) is 4.98 Å². The lowest BCUT2D eigenvalue weighted by Crippen LogP contribution is -2.82. The van der Waals surface area contributed by atoms with Crippen LogP contribution < -0.4 is 10.6 Å². The van der Waals surface area contributed by atoms with E-state index in [1.807, 2.05) is 26.0 Å². The molecule has 3 rings (SSSR count). The molecule has 1 aliphatic carbocycles. The van der Waals surface area contributed by atoms with E-state index in [0.717, 1.165) is 25.1 Å². The first-order valence-electron chi connectivity index (χ1n) is 7.49. The van der Waals surface area contributed by atoms with Gasteiger partial charge < -0.3 is 15.4 Å². The van der Waals surface area contributed by atoms with Gasteiger partial charge in [-0.05, 0) is 25.0 Å². The van der Waals surface area contributed by atoms with Gasteiger partial charge in [-0.15, -0.1) is 0 Å². The van der Waals surface area contributed by atoms with Gasteiger partial charge in [-0.25, -0.2) is 0 Å². The molecule has 5 nitrogen and oxygen atoms in total. The minimum atomic E-state index is -0.872. The highest BCUT2D eigenvalue weighted by Gasteiger charge is 2.70. The highest BCUT2D eigenvalue weighted by atomic mass is 16.5. The van der Waals surface area contributed by atoms with Gasteiger partial charge in [0.25, 0.3) is 0 Å². The zero-order valence-electron chi connectivity index (χ0n) is 12.9. The molecule has 2 aliphatic rings. The molecule has 0 spiro atoms. The molecule has 0 aromatic carbocycles. The van der Waals surface area contributed by atoms with Crippen molar-refractivity contribution in [2.75, 3.05) is 18.6 Å². The van der Waals surface area contributed by atoms with Gasteiger partial charge in [0.05, 0.1) is 18.0 Å². The normalized spacial score (nSPS) is 33.7. The Morgan fingerprint density at radius 1 is 1.52 bits per heavy atom. The van der Waals surface area contributed by atoms with Crippen molar-refractivity contribution in [3.8, 4) is 0 Å². The fourth-order valence-electron chi connectivity index (χ4n) is 3.96. The number of nitrogens with two attached hydrogens (primary N) is 1. The minimum Gasteiger partial charge on any atom is -0.377 e. The number of rotatable bonds is 2.